The molecule has 92 heavy (non-hydrogen) atoms. The molecule has 1 aliphatic heterocycles. The summed E-state index contributed by atoms with van der Waals surface area (Å²) in [6.07, 6.45) is 0. The third-order valence-corrected chi connectivity index (χ3v) is 21.4. The van der Waals surface area contributed by atoms with Crippen molar-refractivity contribution < 1.29 is 14.2 Å². The zero-order chi connectivity index (χ0) is 62.5. The first kappa shape index (κ1) is 58.4. The van der Waals surface area contributed by atoms with Crippen LogP contribution in [0.25, 0.3) is 134 Å². The van der Waals surface area contributed by atoms with Gasteiger partial charge in [0.05, 0.1) is 27.2 Å². The van der Waals surface area contributed by atoms with E-state index in [2.05, 4.69) is 188 Å². The Kier molecular flexibility index (Phi) is 15.5. The Morgan fingerprint density at radius 2 is 0.946 bits per heavy atom. The van der Waals surface area contributed by atoms with Crippen molar-refractivity contribution in [3.8, 4) is 51.0 Å². The van der Waals surface area contributed by atoms with E-state index in [1.54, 1.807) is 40.9 Å². The van der Waals surface area contributed by atoms with E-state index in [0.29, 0.717) is 23.0 Å². The van der Waals surface area contributed by atoms with Crippen LogP contribution in [0.1, 0.15) is 27.7 Å². The molecule has 0 spiro atoms. The fraction of sp³-hybridized carbons (Fsp3) is 0.0779. The lowest BCUT2D eigenvalue weighted by Gasteiger charge is -2.32. The van der Waals surface area contributed by atoms with Gasteiger partial charge in [0, 0.05) is 107 Å². The summed E-state index contributed by atoms with van der Waals surface area (Å²) < 4.78 is 19.6. The number of nitro benzene ring substituents is 1. The highest BCUT2D eigenvalue weighted by molar-refractivity contribution is 7.26. The predicted molar refractivity (Wildman–Crippen MR) is 389 cm³/mol. The maximum absolute atomic E-state index is 11.1. The Bertz CT molecular complexity index is 5430. The maximum Gasteiger partial charge on any atom is 0.496 e. The third kappa shape index (κ3) is 10.9. The normalized spacial score (nSPS) is 13.4. The number of aromatic nitrogens is 5. The maximum atomic E-state index is 11.1. The Morgan fingerprint density at radius 1 is 0.457 bits per heavy atom. The van der Waals surface area contributed by atoms with Crippen LogP contribution in [0.4, 0.5) is 5.69 Å². The topological polar surface area (TPSA) is 121 Å². The molecular weight excluding hydrogens is 1210 g/mol. The van der Waals surface area contributed by atoms with Crippen LogP contribution in [0.15, 0.2) is 266 Å². The van der Waals surface area contributed by atoms with Crippen LogP contribution in [-0.4, -0.2) is 47.7 Å². The first-order chi connectivity index (χ1) is 44.9. The minimum Gasteiger partial charge on any atom is -0.399 e. The van der Waals surface area contributed by atoms with E-state index in [-0.39, 0.29) is 28.9 Å². The van der Waals surface area contributed by atoms with Crippen LogP contribution in [-0.2, 0) is 9.31 Å². The van der Waals surface area contributed by atoms with Crippen molar-refractivity contribution in [2.75, 3.05) is 0 Å². The molecule has 0 bridgehead atoms. The molecule has 7 aromatic heterocycles. The highest BCUT2D eigenvalue weighted by atomic mass is 32.1. The van der Waals surface area contributed by atoms with Gasteiger partial charge in [-0.25, -0.2) is 15.0 Å². The Labute approximate surface area is 546 Å². The molecular formula is C77H57BN6O4S4. The predicted octanol–water partition coefficient (Wildman–Crippen LogP) is 21.4. The lowest BCUT2D eigenvalue weighted by Crippen LogP contribution is -2.41. The monoisotopic (exact) mass is 1270 g/mol. The summed E-state index contributed by atoms with van der Waals surface area (Å²) in [5.74, 6) is 1.97. The van der Waals surface area contributed by atoms with Gasteiger partial charge in [-0.1, -0.05) is 194 Å². The molecule has 10 nitrogen and oxygen atoms in total. The number of nitrogens with zero attached hydrogens (tertiary/aromatic N) is 5. The second kappa shape index (κ2) is 24.3. The van der Waals surface area contributed by atoms with E-state index in [0.717, 1.165) is 43.5 Å². The number of nitrogens with one attached hydrogen (secondary N) is 1. The number of thiophene rings is 4. The number of hydrogen-bond acceptors (Lipinski definition) is 11. The molecule has 17 aromatic rings. The molecule has 1 fully saturated rings. The Morgan fingerprint density at radius 3 is 1.61 bits per heavy atom. The molecule has 0 saturated carbocycles. The summed E-state index contributed by atoms with van der Waals surface area (Å²) >= 11 is 7.01. The Balaban J connectivity index is 0.000000112. The fourth-order valence-electron chi connectivity index (χ4n) is 11.9. The molecule has 0 amide bonds. The van der Waals surface area contributed by atoms with Crippen molar-refractivity contribution in [2.24, 2.45) is 0 Å². The summed E-state index contributed by atoms with van der Waals surface area (Å²) in [5, 5.41) is 25.4. The third-order valence-electron chi connectivity index (χ3n) is 17.2. The van der Waals surface area contributed by atoms with E-state index in [4.69, 9.17) is 24.3 Å². The molecule has 0 radical (unpaired) electrons. The number of aromatic amines is 1. The van der Waals surface area contributed by atoms with Gasteiger partial charge < -0.3 is 18.9 Å². The largest absolute Gasteiger partial charge is 0.496 e. The lowest BCUT2D eigenvalue weighted by molar-refractivity contribution is -0.384. The van der Waals surface area contributed by atoms with Crippen LogP contribution in [0.5, 0.6) is 0 Å². The number of nitro groups is 1. The summed E-state index contributed by atoms with van der Waals surface area (Å²) in [6.45, 7) is 8.34. The van der Waals surface area contributed by atoms with E-state index < -0.39 is 0 Å². The van der Waals surface area contributed by atoms with Crippen LogP contribution in [0.2, 0.25) is 0 Å². The minimum atomic E-state index is -0.332. The average molecular weight is 1270 g/mol. The second-order valence-electron chi connectivity index (χ2n) is 23.4. The number of hydrogen-bond donors (Lipinski definition) is 1. The standard InChI is InChI=1S/C35H22N4S.C14H17BO2S.C14H9NO2S.C14H9NS/c1-3-12-23(13-4-1)32-36-33(24-14-5-2-6-15-24)38-34(37-32)25-16-11-17-26(22-25)39-29-20-9-7-18-27(29)31-28-19-8-10-21-30(28)40-35(31)39;1-13(2)14(3,4)17-15(16-13)11-9-18-12-8-6-5-7-10(11)12;16-15(17)13-7-3-1-5-10(13)12-9-18-14-8-4-2-6-11(12)14;1-3-7-11-9(5-1)13-10-6-2-4-8-12(10)16-14(13)15-11/h1-22H;5-9H,1-4H3;1-9H;1-8,15H. The molecule has 0 atom stereocenters. The van der Waals surface area contributed by atoms with Crippen LogP contribution < -0.4 is 5.46 Å². The highest BCUT2D eigenvalue weighted by Gasteiger charge is 2.52. The van der Waals surface area contributed by atoms with Crippen molar-refractivity contribution in [1.82, 2.24) is 24.5 Å². The first-order valence-corrected chi connectivity index (χ1v) is 33.6. The van der Waals surface area contributed by atoms with Gasteiger partial charge in [0.15, 0.2) is 17.5 Å². The van der Waals surface area contributed by atoms with Gasteiger partial charge in [-0.05, 0) is 93.1 Å². The second-order valence-corrected chi connectivity index (χ2v) is 27.3. The van der Waals surface area contributed by atoms with Crippen LogP contribution >= 0.6 is 45.3 Å². The fourth-order valence-corrected chi connectivity index (χ4v) is 16.3. The summed E-state index contributed by atoms with van der Waals surface area (Å²) in [4.78, 5) is 31.5. The van der Waals surface area contributed by atoms with E-state index in [1.807, 2.05) is 119 Å². The molecule has 15 heteroatoms. The number of benzene rings is 10. The number of fused-ring (bicyclic) bond motifs is 12. The summed E-state index contributed by atoms with van der Waals surface area (Å²) in [5.41, 5.74) is 8.73. The molecule has 0 unspecified atom stereocenters. The van der Waals surface area contributed by atoms with Crippen LogP contribution in [0, 0.1) is 10.1 Å². The molecule has 446 valence electrons. The van der Waals surface area contributed by atoms with E-state index in [1.165, 1.54) is 72.5 Å². The smallest absolute Gasteiger partial charge is 0.399 e. The van der Waals surface area contributed by atoms with Crippen molar-refractivity contribution in [1.29, 1.82) is 0 Å². The van der Waals surface area contributed by atoms with Crippen molar-refractivity contribution in [3.05, 3.63) is 276 Å². The quantitative estimate of drug-likeness (QED) is 0.0958. The zero-order valence-electron chi connectivity index (χ0n) is 50.5. The molecule has 1 saturated heterocycles. The minimum absolute atomic E-state index is 0.154. The first-order valence-electron chi connectivity index (χ1n) is 30.2. The molecule has 1 N–H and O–H groups in total. The number of rotatable bonds is 7. The Hall–Kier alpha value is -9.97. The van der Waals surface area contributed by atoms with Crippen molar-refractivity contribution in [3.63, 3.8) is 0 Å². The van der Waals surface area contributed by atoms with Crippen molar-refractivity contribution in [2.45, 2.75) is 38.9 Å². The SMILES string of the molecule is CC1(C)OB(c2csc3ccccc23)OC1(C)C.O=[N+]([O-])c1ccccc1-c1csc2ccccc12.c1ccc(-c2nc(-c3ccccc3)nc(-c3cccc(-n4c5ccccc5c5c6ccccc6sc54)c3)n2)cc1.c1ccc2c(c1)[nH]c1sc3ccccc3c12. The van der Waals surface area contributed by atoms with Crippen LogP contribution in [0.3, 0.4) is 0 Å². The zero-order valence-corrected chi connectivity index (χ0v) is 53.7. The number of para-hydroxylation sites is 3. The van der Waals surface area contributed by atoms with E-state index >= 15 is 0 Å². The summed E-state index contributed by atoms with van der Waals surface area (Å²) in [6, 6.07) is 86.3. The lowest BCUT2D eigenvalue weighted by atomic mass is 9.79. The van der Waals surface area contributed by atoms with Gasteiger partial charge >= 0.3 is 7.12 Å². The molecule has 18 rings (SSSR count). The molecule has 1 aliphatic rings. The molecule has 10 aromatic carbocycles. The summed E-state index contributed by atoms with van der Waals surface area (Å²) in [7, 11) is -0.258. The van der Waals surface area contributed by atoms with E-state index in [9.17, 15) is 10.1 Å². The average Bonchev–Trinajstić information content (AvgIpc) is 1.57. The van der Waals surface area contributed by atoms with Gasteiger partial charge in [0.2, 0.25) is 0 Å². The molecule has 8 heterocycles. The number of H-pyrrole nitrogens is 1. The molecule has 0 aliphatic carbocycles. The van der Waals surface area contributed by atoms with Gasteiger partial charge in [0.25, 0.3) is 5.69 Å². The van der Waals surface area contributed by atoms with Gasteiger partial charge in [-0.2, -0.15) is 0 Å². The van der Waals surface area contributed by atoms with Gasteiger partial charge in [-0.3, -0.25) is 10.1 Å². The van der Waals surface area contributed by atoms with Crippen molar-refractivity contribution >= 4 is 146 Å². The highest BCUT2D eigenvalue weighted by Crippen LogP contribution is 2.44. The van der Waals surface area contributed by atoms with Gasteiger partial charge in [0.1, 0.15) is 9.66 Å². The van der Waals surface area contributed by atoms with Gasteiger partial charge in [-0.15, -0.1) is 45.3 Å².